The number of aromatic nitrogens is 2. The molecule has 0 bridgehead atoms. The number of rotatable bonds is 3. The summed E-state index contributed by atoms with van der Waals surface area (Å²) in [6.07, 6.45) is 0.552. The fraction of sp³-hybridized carbons (Fsp3) is 0.385. The number of benzene rings is 1. The Balaban J connectivity index is 1.79. The molecule has 2 atom stereocenters. The van der Waals surface area contributed by atoms with Gasteiger partial charge in [-0.2, -0.15) is 4.98 Å². The molecule has 100 valence electrons. The summed E-state index contributed by atoms with van der Waals surface area (Å²) >= 11 is 3.48. The van der Waals surface area contributed by atoms with Crippen molar-refractivity contribution in [1.29, 1.82) is 0 Å². The highest BCUT2D eigenvalue weighted by Gasteiger charge is 2.27. The van der Waals surface area contributed by atoms with E-state index in [0.717, 1.165) is 12.2 Å². The van der Waals surface area contributed by atoms with Crippen molar-refractivity contribution < 1.29 is 14.0 Å². The van der Waals surface area contributed by atoms with Crippen molar-refractivity contribution in [2.24, 2.45) is 0 Å². The zero-order chi connectivity index (χ0) is 13.2. The molecule has 0 aliphatic carbocycles. The van der Waals surface area contributed by atoms with Gasteiger partial charge in [0.25, 0.3) is 0 Å². The molecule has 0 N–H and O–H groups in total. The lowest BCUT2D eigenvalue weighted by Crippen LogP contribution is -2.22. The van der Waals surface area contributed by atoms with Crippen LogP contribution in [0.4, 0.5) is 0 Å². The molecule has 1 aliphatic rings. The summed E-state index contributed by atoms with van der Waals surface area (Å²) in [4.78, 5) is 4.42. The van der Waals surface area contributed by atoms with Crippen LogP contribution in [0, 0.1) is 0 Å². The van der Waals surface area contributed by atoms with Crippen LogP contribution in [0.1, 0.15) is 36.0 Å². The standard InChI is InChI=1S/C13H13BrN2O3/c1-2-8(14)13-15-12(16-19-13)11-7-17-9-5-3-4-6-10(9)18-11/h3-6,8,11H,2,7H2,1H3. The molecular formula is C13H13BrN2O3. The van der Waals surface area contributed by atoms with Crippen LogP contribution >= 0.6 is 15.9 Å². The number of para-hydroxylation sites is 2. The molecule has 5 nitrogen and oxygen atoms in total. The molecule has 2 unspecified atom stereocenters. The molecule has 6 heteroatoms. The highest BCUT2D eigenvalue weighted by Crippen LogP contribution is 2.35. The maximum absolute atomic E-state index is 5.82. The third-order valence-corrected chi connectivity index (χ3v) is 3.92. The van der Waals surface area contributed by atoms with Crippen LogP contribution in [0.25, 0.3) is 0 Å². The number of hydrogen-bond acceptors (Lipinski definition) is 5. The molecule has 0 fully saturated rings. The Morgan fingerprint density at radius 1 is 1.37 bits per heavy atom. The molecule has 1 aromatic heterocycles. The normalized spacial score (nSPS) is 19.2. The van der Waals surface area contributed by atoms with E-state index >= 15 is 0 Å². The van der Waals surface area contributed by atoms with Crippen molar-refractivity contribution in [3.05, 3.63) is 36.0 Å². The largest absolute Gasteiger partial charge is 0.485 e. The van der Waals surface area contributed by atoms with E-state index in [2.05, 4.69) is 26.1 Å². The van der Waals surface area contributed by atoms with Crippen molar-refractivity contribution in [2.45, 2.75) is 24.3 Å². The second kappa shape index (κ2) is 5.21. The summed E-state index contributed by atoms with van der Waals surface area (Å²) in [6, 6.07) is 7.55. The predicted octanol–water partition coefficient (Wildman–Crippen LogP) is 3.43. The highest BCUT2D eigenvalue weighted by molar-refractivity contribution is 9.09. The number of nitrogens with zero attached hydrogens (tertiary/aromatic N) is 2. The van der Waals surface area contributed by atoms with Crippen molar-refractivity contribution in [3.63, 3.8) is 0 Å². The maximum Gasteiger partial charge on any atom is 0.240 e. The summed E-state index contributed by atoms with van der Waals surface area (Å²) in [5.41, 5.74) is 0. The zero-order valence-corrected chi connectivity index (χ0v) is 12.0. The molecule has 0 saturated carbocycles. The van der Waals surface area contributed by atoms with E-state index < -0.39 is 0 Å². The number of fused-ring (bicyclic) bond motifs is 1. The lowest BCUT2D eigenvalue weighted by Gasteiger charge is -2.24. The smallest absolute Gasteiger partial charge is 0.240 e. The van der Waals surface area contributed by atoms with E-state index in [0.29, 0.717) is 24.1 Å². The highest BCUT2D eigenvalue weighted by atomic mass is 79.9. The van der Waals surface area contributed by atoms with Gasteiger partial charge in [-0.25, -0.2) is 0 Å². The minimum atomic E-state index is -0.330. The Bertz CT molecular complexity index is 573. The quantitative estimate of drug-likeness (QED) is 0.809. The van der Waals surface area contributed by atoms with E-state index in [1.807, 2.05) is 31.2 Å². The molecule has 19 heavy (non-hydrogen) atoms. The van der Waals surface area contributed by atoms with Crippen molar-refractivity contribution in [1.82, 2.24) is 10.1 Å². The van der Waals surface area contributed by atoms with Gasteiger partial charge in [-0.1, -0.05) is 40.1 Å². The molecule has 1 aliphatic heterocycles. The summed E-state index contributed by atoms with van der Waals surface area (Å²) in [6.45, 7) is 2.43. The topological polar surface area (TPSA) is 57.4 Å². The van der Waals surface area contributed by atoms with E-state index in [1.54, 1.807) is 0 Å². The first-order valence-corrected chi connectivity index (χ1v) is 7.05. The Hall–Kier alpha value is -1.56. The molecule has 3 rings (SSSR count). The van der Waals surface area contributed by atoms with Gasteiger partial charge in [0.2, 0.25) is 11.7 Å². The average Bonchev–Trinajstić information content (AvgIpc) is 2.95. The summed E-state index contributed by atoms with van der Waals surface area (Å²) < 4.78 is 16.7. The van der Waals surface area contributed by atoms with Gasteiger partial charge in [0.1, 0.15) is 6.61 Å². The number of ether oxygens (including phenoxy) is 2. The number of alkyl halides is 1. The van der Waals surface area contributed by atoms with E-state index in [1.165, 1.54) is 0 Å². The van der Waals surface area contributed by atoms with Crippen LogP contribution in [0.2, 0.25) is 0 Å². The SMILES string of the molecule is CCC(Br)c1nc(C2COc3ccccc3O2)no1. The van der Waals surface area contributed by atoms with E-state index in [-0.39, 0.29) is 10.9 Å². The van der Waals surface area contributed by atoms with Gasteiger partial charge in [-0.15, -0.1) is 0 Å². The van der Waals surface area contributed by atoms with Crippen molar-refractivity contribution >= 4 is 15.9 Å². The third-order valence-electron chi connectivity index (χ3n) is 2.88. The molecular weight excluding hydrogens is 312 g/mol. The first-order valence-electron chi connectivity index (χ1n) is 6.14. The lowest BCUT2D eigenvalue weighted by atomic mass is 10.2. The van der Waals surface area contributed by atoms with Crippen LogP contribution in [-0.4, -0.2) is 16.7 Å². The van der Waals surface area contributed by atoms with Gasteiger partial charge in [0.05, 0.1) is 4.83 Å². The van der Waals surface area contributed by atoms with Crippen molar-refractivity contribution in [3.8, 4) is 11.5 Å². The molecule has 0 amide bonds. The number of halogens is 1. The first-order chi connectivity index (χ1) is 9.28. The summed E-state index contributed by atoms with van der Waals surface area (Å²) in [5.74, 6) is 2.53. The zero-order valence-electron chi connectivity index (χ0n) is 10.4. The van der Waals surface area contributed by atoms with Crippen LogP contribution < -0.4 is 9.47 Å². The minimum Gasteiger partial charge on any atom is -0.485 e. The molecule has 0 saturated heterocycles. The first kappa shape index (κ1) is 12.5. The van der Waals surface area contributed by atoms with E-state index in [4.69, 9.17) is 14.0 Å². The summed E-state index contributed by atoms with van der Waals surface area (Å²) in [7, 11) is 0. The molecule has 0 spiro atoms. The van der Waals surface area contributed by atoms with Crippen molar-refractivity contribution in [2.75, 3.05) is 6.61 Å². The van der Waals surface area contributed by atoms with Gasteiger partial charge in [-0.3, -0.25) is 0 Å². The Morgan fingerprint density at radius 3 is 2.95 bits per heavy atom. The summed E-state index contributed by atoms with van der Waals surface area (Å²) in [5, 5.41) is 3.96. The average molecular weight is 325 g/mol. The molecule has 0 radical (unpaired) electrons. The van der Waals surface area contributed by atoms with Gasteiger partial charge >= 0.3 is 0 Å². The van der Waals surface area contributed by atoms with Gasteiger partial charge in [-0.05, 0) is 18.6 Å². The second-order valence-corrected chi connectivity index (χ2v) is 5.34. The Labute approximate surface area is 119 Å². The molecule has 1 aromatic carbocycles. The van der Waals surface area contributed by atoms with Crippen LogP contribution in [0.15, 0.2) is 28.8 Å². The van der Waals surface area contributed by atoms with Gasteiger partial charge < -0.3 is 14.0 Å². The fourth-order valence-corrected chi connectivity index (χ4v) is 2.01. The lowest BCUT2D eigenvalue weighted by molar-refractivity contribution is 0.0832. The maximum atomic E-state index is 5.82. The predicted molar refractivity (Wildman–Crippen MR) is 71.6 cm³/mol. The fourth-order valence-electron chi connectivity index (χ4n) is 1.83. The Morgan fingerprint density at radius 2 is 2.16 bits per heavy atom. The van der Waals surface area contributed by atoms with Crippen LogP contribution in [0.5, 0.6) is 11.5 Å². The number of hydrogen-bond donors (Lipinski definition) is 0. The van der Waals surface area contributed by atoms with Crippen LogP contribution in [0.3, 0.4) is 0 Å². The van der Waals surface area contributed by atoms with Gasteiger partial charge in [0.15, 0.2) is 17.6 Å². The van der Waals surface area contributed by atoms with Crippen LogP contribution in [-0.2, 0) is 0 Å². The van der Waals surface area contributed by atoms with Gasteiger partial charge in [0, 0.05) is 0 Å². The monoisotopic (exact) mass is 324 g/mol. The second-order valence-electron chi connectivity index (χ2n) is 4.23. The third kappa shape index (κ3) is 2.45. The molecule has 2 heterocycles. The Kier molecular flexibility index (Phi) is 3.42. The van der Waals surface area contributed by atoms with E-state index in [9.17, 15) is 0 Å². The molecule has 2 aromatic rings. The minimum absolute atomic E-state index is 0.0746.